The van der Waals surface area contributed by atoms with Crippen molar-refractivity contribution in [2.75, 3.05) is 7.05 Å². The SMILES string of the molecule is CN(Cc1cn[nH]c1)C(=O)c1ccc(Cl)cc1F. The van der Waals surface area contributed by atoms with Gasteiger partial charge in [0.05, 0.1) is 11.8 Å². The van der Waals surface area contributed by atoms with Crippen LogP contribution < -0.4 is 0 Å². The maximum Gasteiger partial charge on any atom is 0.256 e. The van der Waals surface area contributed by atoms with Crippen molar-refractivity contribution in [2.24, 2.45) is 0 Å². The summed E-state index contributed by atoms with van der Waals surface area (Å²) in [4.78, 5) is 13.4. The fourth-order valence-electron chi connectivity index (χ4n) is 1.58. The summed E-state index contributed by atoms with van der Waals surface area (Å²) in [7, 11) is 1.60. The Hall–Kier alpha value is -1.88. The number of aromatic nitrogens is 2. The number of nitrogens with zero attached hydrogens (tertiary/aromatic N) is 2. The number of aromatic amines is 1. The number of rotatable bonds is 3. The third-order valence-corrected chi connectivity index (χ3v) is 2.72. The first-order chi connectivity index (χ1) is 8.58. The zero-order valence-electron chi connectivity index (χ0n) is 9.65. The molecule has 0 fully saturated rings. The molecule has 1 heterocycles. The minimum Gasteiger partial charge on any atom is -0.337 e. The van der Waals surface area contributed by atoms with Crippen molar-refractivity contribution in [2.45, 2.75) is 6.54 Å². The summed E-state index contributed by atoms with van der Waals surface area (Å²) in [5, 5.41) is 6.70. The van der Waals surface area contributed by atoms with E-state index >= 15 is 0 Å². The first-order valence-electron chi connectivity index (χ1n) is 5.26. The number of carbonyl (C=O) groups is 1. The number of nitrogens with one attached hydrogen (secondary N) is 1. The zero-order chi connectivity index (χ0) is 13.1. The molecule has 0 saturated carbocycles. The van der Waals surface area contributed by atoms with Crippen LogP contribution in [0, 0.1) is 5.82 Å². The Bertz CT molecular complexity index is 556. The van der Waals surface area contributed by atoms with E-state index in [1.165, 1.54) is 17.0 Å². The van der Waals surface area contributed by atoms with Crippen molar-refractivity contribution in [1.29, 1.82) is 0 Å². The lowest BCUT2D eigenvalue weighted by Crippen LogP contribution is -2.26. The van der Waals surface area contributed by atoms with Gasteiger partial charge >= 0.3 is 0 Å². The van der Waals surface area contributed by atoms with E-state index in [9.17, 15) is 9.18 Å². The van der Waals surface area contributed by atoms with Gasteiger partial charge in [-0.3, -0.25) is 9.89 Å². The van der Waals surface area contributed by atoms with Gasteiger partial charge < -0.3 is 4.90 Å². The number of halogens is 2. The van der Waals surface area contributed by atoms with Gasteiger partial charge in [-0.15, -0.1) is 0 Å². The number of amides is 1. The van der Waals surface area contributed by atoms with Gasteiger partial charge in [0.25, 0.3) is 5.91 Å². The monoisotopic (exact) mass is 267 g/mol. The number of hydrogen-bond donors (Lipinski definition) is 1. The average molecular weight is 268 g/mol. The fourth-order valence-corrected chi connectivity index (χ4v) is 1.74. The smallest absolute Gasteiger partial charge is 0.256 e. The molecule has 0 bridgehead atoms. The summed E-state index contributed by atoms with van der Waals surface area (Å²) in [5.74, 6) is -1.02. The van der Waals surface area contributed by atoms with E-state index in [2.05, 4.69) is 10.2 Å². The minimum absolute atomic E-state index is 0.00500. The maximum atomic E-state index is 13.6. The van der Waals surface area contributed by atoms with Crippen LogP contribution in [0.5, 0.6) is 0 Å². The summed E-state index contributed by atoms with van der Waals surface area (Å²) in [5.41, 5.74) is 0.852. The molecule has 2 aromatic rings. The number of carbonyl (C=O) groups excluding carboxylic acids is 1. The van der Waals surface area contributed by atoms with Gasteiger partial charge in [0.1, 0.15) is 5.82 Å². The minimum atomic E-state index is -0.619. The Morgan fingerprint density at radius 1 is 1.56 bits per heavy atom. The lowest BCUT2D eigenvalue weighted by atomic mass is 10.2. The Labute approximate surface area is 108 Å². The van der Waals surface area contributed by atoms with E-state index < -0.39 is 11.7 Å². The van der Waals surface area contributed by atoms with Crippen LogP contribution >= 0.6 is 11.6 Å². The standard InChI is InChI=1S/C12H11ClFN3O/c1-17(7-8-5-15-16-6-8)12(18)10-3-2-9(13)4-11(10)14/h2-6H,7H2,1H3,(H,15,16). The van der Waals surface area contributed by atoms with E-state index in [1.807, 2.05) is 0 Å². The molecule has 18 heavy (non-hydrogen) atoms. The van der Waals surface area contributed by atoms with Crippen LogP contribution in [0.4, 0.5) is 4.39 Å². The van der Waals surface area contributed by atoms with Crippen molar-refractivity contribution < 1.29 is 9.18 Å². The predicted molar refractivity (Wildman–Crippen MR) is 65.8 cm³/mol. The van der Waals surface area contributed by atoms with Crippen molar-refractivity contribution in [3.8, 4) is 0 Å². The molecule has 1 aromatic heterocycles. The first kappa shape index (κ1) is 12.6. The molecule has 1 aromatic carbocycles. The van der Waals surface area contributed by atoms with Gasteiger partial charge in [-0.05, 0) is 18.2 Å². The maximum absolute atomic E-state index is 13.6. The summed E-state index contributed by atoms with van der Waals surface area (Å²) in [6.45, 7) is 0.359. The Balaban J connectivity index is 2.15. The van der Waals surface area contributed by atoms with Gasteiger partial charge in [0.15, 0.2) is 0 Å². The second-order valence-electron chi connectivity index (χ2n) is 3.89. The predicted octanol–water partition coefficient (Wildman–Crippen LogP) is 2.47. The van der Waals surface area contributed by atoms with Crippen molar-refractivity contribution in [3.05, 3.63) is 52.6 Å². The van der Waals surface area contributed by atoms with Gasteiger partial charge in [0, 0.05) is 30.4 Å². The Kier molecular flexibility index (Phi) is 3.62. The molecule has 0 atom stereocenters. The molecule has 0 aliphatic rings. The van der Waals surface area contributed by atoms with Crippen LogP contribution in [0.2, 0.25) is 5.02 Å². The summed E-state index contributed by atoms with van der Waals surface area (Å²) >= 11 is 5.64. The van der Waals surface area contributed by atoms with Crippen LogP contribution in [0.3, 0.4) is 0 Å². The highest BCUT2D eigenvalue weighted by Crippen LogP contribution is 2.16. The lowest BCUT2D eigenvalue weighted by molar-refractivity contribution is 0.0780. The third kappa shape index (κ3) is 2.68. The lowest BCUT2D eigenvalue weighted by Gasteiger charge is -2.16. The van der Waals surface area contributed by atoms with Crippen molar-refractivity contribution >= 4 is 17.5 Å². The quantitative estimate of drug-likeness (QED) is 0.929. The van der Waals surface area contributed by atoms with Crippen LogP contribution in [0.1, 0.15) is 15.9 Å². The molecule has 2 rings (SSSR count). The highest BCUT2D eigenvalue weighted by atomic mass is 35.5. The molecular formula is C12H11ClFN3O. The molecule has 0 radical (unpaired) electrons. The zero-order valence-corrected chi connectivity index (χ0v) is 10.4. The molecule has 94 valence electrons. The summed E-state index contributed by atoms with van der Waals surface area (Å²) < 4.78 is 13.6. The van der Waals surface area contributed by atoms with E-state index in [0.717, 1.165) is 11.6 Å². The summed E-state index contributed by atoms with van der Waals surface area (Å²) in [6, 6.07) is 4.00. The second-order valence-corrected chi connectivity index (χ2v) is 4.33. The molecule has 1 amide bonds. The highest BCUT2D eigenvalue weighted by molar-refractivity contribution is 6.30. The molecular weight excluding hydrogens is 257 g/mol. The normalized spacial score (nSPS) is 10.4. The molecule has 0 unspecified atom stereocenters. The van der Waals surface area contributed by atoms with Crippen LogP contribution in [-0.4, -0.2) is 28.1 Å². The van der Waals surface area contributed by atoms with Gasteiger partial charge in [-0.25, -0.2) is 4.39 Å². The Morgan fingerprint density at radius 3 is 2.94 bits per heavy atom. The van der Waals surface area contributed by atoms with E-state index in [1.54, 1.807) is 19.4 Å². The van der Waals surface area contributed by atoms with Crippen LogP contribution in [0.25, 0.3) is 0 Å². The van der Waals surface area contributed by atoms with Crippen LogP contribution in [-0.2, 0) is 6.54 Å². The third-order valence-electron chi connectivity index (χ3n) is 2.48. The van der Waals surface area contributed by atoms with E-state index in [4.69, 9.17) is 11.6 Å². The van der Waals surface area contributed by atoms with Crippen molar-refractivity contribution in [3.63, 3.8) is 0 Å². The number of H-pyrrole nitrogens is 1. The van der Waals surface area contributed by atoms with Crippen LogP contribution in [0.15, 0.2) is 30.6 Å². The molecule has 4 nitrogen and oxygen atoms in total. The van der Waals surface area contributed by atoms with Gasteiger partial charge in [-0.1, -0.05) is 11.6 Å². The number of hydrogen-bond acceptors (Lipinski definition) is 2. The second kappa shape index (κ2) is 5.18. The largest absolute Gasteiger partial charge is 0.337 e. The topological polar surface area (TPSA) is 49.0 Å². The molecule has 0 saturated heterocycles. The van der Waals surface area contributed by atoms with E-state index in [-0.39, 0.29) is 10.6 Å². The molecule has 1 N–H and O–H groups in total. The first-order valence-corrected chi connectivity index (χ1v) is 5.64. The van der Waals surface area contributed by atoms with Gasteiger partial charge in [0.2, 0.25) is 0 Å². The number of benzene rings is 1. The molecule has 0 aliphatic carbocycles. The van der Waals surface area contributed by atoms with Gasteiger partial charge in [-0.2, -0.15) is 5.10 Å². The van der Waals surface area contributed by atoms with Crippen molar-refractivity contribution in [1.82, 2.24) is 15.1 Å². The van der Waals surface area contributed by atoms with E-state index in [0.29, 0.717) is 6.54 Å². The Morgan fingerprint density at radius 2 is 2.33 bits per heavy atom. The average Bonchev–Trinajstić information content (AvgIpc) is 2.81. The molecule has 0 aliphatic heterocycles. The highest BCUT2D eigenvalue weighted by Gasteiger charge is 2.16. The fraction of sp³-hybridized carbons (Fsp3) is 0.167. The molecule has 6 heteroatoms. The summed E-state index contributed by atoms with van der Waals surface area (Å²) in [6.07, 6.45) is 3.30. The molecule has 0 spiro atoms.